The van der Waals surface area contributed by atoms with Gasteiger partial charge in [-0.25, -0.2) is 0 Å². The summed E-state index contributed by atoms with van der Waals surface area (Å²) < 4.78 is 4.90. The molecule has 1 aromatic heterocycles. The van der Waals surface area contributed by atoms with E-state index in [0.29, 0.717) is 38.3 Å². The summed E-state index contributed by atoms with van der Waals surface area (Å²) in [5.74, 6) is -0.944. The lowest BCUT2D eigenvalue weighted by Crippen LogP contribution is -2.49. The van der Waals surface area contributed by atoms with Crippen LogP contribution in [-0.2, 0) is 4.79 Å². The maximum Gasteiger partial charge on any atom is 0.304 e. The number of furan rings is 1. The van der Waals surface area contributed by atoms with Gasteiger partial charge in [-0.2, -0.15) is 0 Å². The highest BCUT2D eigenvalue weighted by atomic mass is 35.5. The SMILES string of the molecule is O=C(O)CCN1CCN(C(=O)c2ccoc2Cl)CC1. The van der Waals surface area contributed by atoms with E-state index >= 15 is 0 Å². The molecule has 1 amide bonds. The smallest absolute Gasteiger partial charge is 0.304 e. The average molecular weight is 287 g/mol. The molecule has 1 N–H and O–H groups in total. The van der Waals surface area contributed by atoms with Crippen molar-refractivity contribution in [1.82, 2.24) is 9.80 Å². The molecule has 0 aliphatic carbocycles. The van der Waals surface area contributed by atoms with Gasteiger partial charge in [0.05, 0.1) is 18.2 Å². The molecule has 0 saturated carbocycles. The third kappa shape index (κ3) is 3.48. The van der Waals surface area contributed by atoms with Gasteiger partial charge in [-0.1, -0.05) is 0 Å². The largest absolute Gasteiger partial charge is 0.481 e. The Morgan fingerprint density at radius 1 is 1.32 bits per heavy atom. The summed E-state index contributed by atoms with van der Waals surface area (Å²) in [4.78, 5) is 26.4. The van der Waals surface area contributed by atoms with Crippen molar-refractivity contribution in [3.8, 4) is 0 Å². The van der Waals surface area contributed by atoms with E-state index in [-0.39, 0.29) is 17.5 Å². The van der Waals surface area contributed by atoms with Crippen LogP contribution in [0.4, 0.5) is 0 Å². The van der Waals surface area contributed by atoms with Gasteiger partial charge < -0.3 is 14.4 Å². The fourth-order valence-electron chi connectivity index (χ4n) is 2.04. The average Bonchev–Trinajstić information content (AvgIpc) is 2.82. The van der Waals surface area contributed by atoms with Gasteiger partial charge in [0.2, 0.25) is 5.22 Å². The lowest BCUT2D eigenvalue weighted by Gasteiger charge is -2.34. The highest BCUT2D eigenvalue weighted by Crippen LogP contribution is 2.19. The second-order valence-electron chi connectivity index (χ2n) is 4.39. The van der Waals surface area contributed by atoms with Crippen molar-refractivity contribution in [1.29, 1.82) is 0 Å². The van der Waals surface area contributed by atoms with Crippen LogP contribution in [0.2, 0.25) is 5.22 Å². The van der Waals surface area contributed by atoms with Crippen LogP contribution in [0.25, 0.3) is 0 Å². The van der Waals surface area contributed by atoms with Crippen LogP contribution in [0.3, 0.4) is 0 Å². The molecule has 19 heavy (non-hydrogen) atoms. The van der Waals surface area contributed by atoms with Crippen molar-refractivity contribution in [3.63, 3.8) is 0 Å². The van der Waals surface area contributed by atoms with Crippen molar-refractivity contribution >= 4 is 23.5 Å². The number of nitrogens with zero attached hydrogens (tertiary/aromatic N) is 2. The molecule has 0 aromatic carbocycles. The molecule has 2 heterocycles. The van der Waals surface area contributed by atoms with E-state index in [0.717, 1.165) is 0 Å². The van der Waals surface area contributed by atoms with Crippen molar-refractivity contribution in [3.05, 3.63) is 23.1 Å². The quantitative estimate of drug-likeness (QED) is 0.899. The van der Waals surface area contributed by atoms with Crippen LogP contribution in [0.15, 0.2) is 16.7 Å². The number of piperazine rings is 1. The summed E-state index contributed by atoms with van der Waals surface area (Å²) in [5, 5.41) is 8.73. The molecule has 7 heteroatoms. The first-order valence-electron chi connectivity index (χ1n) is 6.04. The van der Waals surface area contributed by atoms with Gasteiger partial charge in [-0.3, -0.25) is 14.5 Å². The maximum absolute atomic E-state index is 12.1. The van der Waals surface area contributed by atoms with Crippen LogP contribution < -0.4 is 0 Å². The third-order valence-electron chi connectivity index (χ3n) is 3.15. The summed E-state index contributed by atoms with van der Waals surface area (Å²) in [6.07, 6.45) is 1.51. The van der Waals surface area contributed by atoms with Gasteiger partial charge in [-0.05, 0) is 17.7 Å². The van der Waals surface area contributed by atoms with Crippen molar-refractivity contribution in [2.24, 2.45) is 0 Å². The molecular weight excluding hydrogens is 272 g/mol. The number of rotatable bonds is 4. The predicted octanol–water partition coefficient (Wildman–Crippen LogP) is 1.17. The molecule has 1 aromatic rings. The predicted molar refractivity (Wildman–Crippen MR) is 68.3 cm³/mol. The van der Waals surface area contributed by atoms with Gasteiger partial charge in [-0.15, -0.1) is 0 Å². The Morgan fingerprint density at radius 2 is 2.00 bits per heavy atom. The van der Waals surface area contributed by atoms with Crippen LogP contribution in [-0.4, -0.2) is 59.5 Å². The Balaban J connectivity index is 1.85. The van der Waals surface area contributed by atoms with Crippen LogP contribution in [0.1, 0.15) is 16.8 Å². The topological polar surface area (TPSA) is 74.0 Å². The third-order valence-corrected chi connectivity index (χ3v) is 3.44. The first-order valence-corrected chi connectivity index (χ1v) is 6.42. The van der Waals surface area contributed by atoms with E-state index in [9.17, 15) is 9.59 Å². The van der Waals surface area contributed by atoms with Crippen LogP contribution in [0.5, 0.6) is 0 Å². The molecule has 1 aliphatic heterocycles. The van der Waals surface area contributed by atoms with E-state index in [4.69, 9.17) is 21.1 Å². The van der Waals surface area contributed by atoms with E-state index in [1.54, 1.807) is 11.0 Å². The molecule has 6 nitrogen and oxygen atoms in total. The van der Waals surface area contributed by atoms with Crippen LogP contribution >= 0.6 is 11.6 Å². The number of hydrogen-bond donors (Lipinski definition) is 1. The maximum atomic E-state index is 12.1. The molecule has 0 spiro atoms. The number of carboxylic acid groups (broad SMARTS) is 1. The number of aliphatic carboxylic acids is 1. The first kappa shape index (κ1) is 13.9. The number of hydrogen-bond acceptors (Lipinski definition) is 4. The zero-order valence-electron chi connectivity index (χ0n) is 10.3. The van der Waals surface area contributed by atoms with E-state index in [1.165, 1.54) is 6.26 Å². The number of halogens is 1. The number of carbonyl (C=O) groups is 2. The second kappa shape index (κ2) is 6.08. The highest BCUT2D eigenvalue weighted by Gasteiger charge is 2.24. The minimum Gasteiger partial charge on any atom is -0.481 e. The highest BCUT2D eigenvalue weighted by molar-refractivity contribution is 6.32. The first-order chi connectivity index (χ1) is 9.08. The lowest BCUT2D eigenvalue weighted by molar-refractivity contribution is -0.137. The Morgan fingerprint density at radius 3 is 2.53 bits per heavy atom. The fraction of sp³-hybridized carbons (Fsp3) is 0.500. The Hall–Kier alpha value is -1.53. The summed E-state index contributed by atoms with van der Waals surface area (Å²) in [7, 11) is 0. The Kier molecular flexibility index (Phi) is 4.44. The molecular formula is C12H15ClN2O4. The van der Waals surface area contributed by atoms with Crippen molar-refractivity contribution in [2.75, 3.05) is 32.7 Å². The molecule has 1 aliphatic rings. The summed E-state index contributed by atoms with van der Waals surface area (Å²) in [5.41, 5.74) is 0.376. The molecule has 0 unspecified atom stereocenters. The molecule has 1 fully saturated rings. The van der Waals surface area contributed by atoms with Gasteiger partial charge in [0.15, 0.2) is 0 Å². The monoisotopic (exact) mass is 286 g/mol. The van der Waals surface area contributed by atoms with Crippen molar-refractivity contribution < 1.29 is 19.1 Å². The van der Waals surface area contributed by atoms with Gasteiger partial charge in [0.1, 0.15) is 0 Å². The van der Waals surface area contributed by atoms with Gasteiger partial charge in [0, 0.05) is 32.7 Å². The minimum atomic E-state index is -0.802. The van der Waals surface area contributed by atoms with Crippen LogP contribution in [0, 0.1) is 0 Å². The normalized spacial score (nSPS) is 16.6. The lowest BCUT2D eigenvalue weighted by atomic mass is 10.2. The molecule has 0 atom stereocenters. The zero-order chi connectivity index (χ0) is 13.8. The number of carboxylic acids is 1. The van der Waals surface area contributed by atoms with E-state index < -0.39 is 5.97 Å². The second-order valence-corrected chi connectivity index (χ2v) is 4.73. The summed E-state index contributed by atoms with van der Waals surface area (Å²) >= 11 is 5.78. The van der Waals surface area contributed by atoms with Gasteiger partial charge >= 0.3 is 5.97 Å². The van der Waals surface area contributed by atoms with E-state index in [2.05, 4.69) is 0 Å². The van der Waals surface area contributed by atoms with Crippen molar-refractivity contribution in [2.45, 2.75) is 6.42 Å². The number of amides is 1. The summed E-state index contributed by atoms with van der Waals surface area (Å²) in [6, 6.07) is 1.56. The molecule has 0 bridgehead atoms. The minimum absolute atomic E-state index is 0.110. The Bertz CT molecular complexity index is 466. The standard InChI is InChI=1S/C12H15ClN2O4/c13-11-9(2-8-19-11)12(18)15-6-4-14(5-7-15)3-1-10(16)17/h2,8H,1,3-7H2,(H,16,17). The van der Waals surface area contributed by atoms with Gasteiger partial charge in [0.25, 0.3) is 5.91 Å². The summed E-state index contributed by atoms with van der Waals surface area (Å²) in [6.45, 7) is 3.01. The van der Waals surface area contributed by atoms with E-state index in [1.807, 2.05) is 4.90 Å². The molecule has 0 radical (unpaired) electrons. The molecule has 1 saturated heterocycles. The molecule has 104 valence electrons. The fourth-order valence-corrected chi connectivity index (χ4v) is 2.24. The Labute approximate surface area is 115 Å². The number of carbonyl (C=O) groups excluding carboxylic acids is 1. The zero-order valence-corrected chi connectivity index (χ0v) is 11.1. The molecule has 2 rings (SSSR count).